The monoisotopic (exact) mass is 221 g/mol. The molecule has 0 amide bonds. The molecule has 0 saturated heterocycles. The van der Waals surface area contributed by atoms with Gasteiger partial charge in [0.1, 0.15) is 6.26 Å². The van der Waals surface area contributed by atoms with Gasteiger partial charge in [-0.15, -0.1) is 0 Å². The van der Waals surface area contributed by atoms with Crippen LogP contribution in [0.25, 0.3) is 0 Å². The van der Waals surface area contributed by atoms with Crippen LogP contribution in [-0.2, 0) is 15.0 Å². The van der Waals surface area contributed by atoms with Gasteiger partial charge >= 0.3 is 0 Å². The minimum Gasteiger partial charge on any atom is -0.390 e. The third kappa shape index (κ3) is 7.63. The fraction of sp³-hybridized carbons (Fsp3) is 0.500. The molecule has 1 aliphatic heterocycles. The zero-order valence-electron chi connectivity index (χ0n) is 8.23. The molecule has 6 heteroatoms. The first kappa shape index (κ1) is 13.0. The summed E-state index contributed by atoms with van der Waals surface area (Å²) in [5.41, 5.74) is 3.86. The maximum atomic E-state index is 9.56. The van der Waals surface area contributed by atoms with Gasteiger partial charge < -0.3 is 4.84 Å². The minimum atomic E-state index is -3.66. The molecule has 1 aliphatic rings. The van der Waals surface area contributed by atoms with Crippen molar-refractivity contribution in [1.29, 1.82) is 0 Å². The molecule has 0 atom stereocenters. The number of hydrogen-bond donors (Lipinski definition) is 2. The average Bonchev–Trinajstić information content (AvgIpc) is 2.19. The van der Waals surface area contributed by atoms with Gasteiger partial charge in [-0.1, -0.05) is 6.92 Å². The smallest absolute Gasteiger partial charge is 0.264 e. The first-order valence-corrected chi connectivity index (χ1v) is 5.83. The number of nitrogens with one attached hydrogen (secondary N) is 1. The lowest BCUT2D eigenvalue weighted by Gasteiger charge is -2.08. The largest absolute Gasteiger partial charge is 0.390 e. The van der Waals surface area contributed by atoms with Gasteiger partial charge in [0.05, 0.1) is 5.75 Å². The molecule has 14 heavy (non-hydrogen) atoms. The van der Waals surface area contributed by atoms with Crippen molar-refractivity contribution >= 4 is 10.1 Å². The summed E-state index contributed by atoms with van der Waals surface area (Å²) in [6.07, 6.45) is 6.46. The Bertz CT molecular complexity index is 305. The van der Waals surface area contributed by atoms with Crippen LogP contribution < -0.4 is 5.48 Å². The van der Waals surface area contributed by atoms with Crippen molar-refractivity contribution in [1.82, 2.24) is 5.48 Å². The third-order valence-electron chi connectivity index (χ3n) is 1.38. The SMILES string of the molecule is CCC1=CC=CON1.CCS(=O)(=O)O. The summed E-state index contributed by atoms with van der Waals surface area (Å²) in [4.78, 5) is 4.77. The second-order valence-electron chi connectivity index (χ2n) is 2.46. The van der Waals surface area contributed by atoms with Gasteiger partial charge in [0.25, 0.3) is 10.1 Å². The molecule has 0 bridgehead atoms. The van der Waals surface area contributed by atoms with Gasteiger partial charge in [0.15, 0.2) is 0 Å². The Morgan fingerprint density at radius 3 is 2.29 bits per heavy atom. The van der Waals surface area contributed by atoms with Crippen molar-refractivity contribution in [3.05, 3.63) is 24.1 Å². The van der Waals surface area contributed by atoms with Crippen molar-refractivity contribution in [2.45, 2.75) is 20.3 Å². The van der Waals surface area contributed by atoms with Crippen LogP contribution in [0.5, 0.6) is 0 Å². The molecule has 5 nitrogen and oxygen atoms in total. The molecule has 0 saturated carbocycles. The van der Waals surface area contributed by atoms with Crippen LogP contribution in [0.15, 0.2) is 24.1 Å². The summed E-state index contributed by atoms with van der Waals surface area (Å²) in [5, 5.41) is 0. The topological polar surface area (TPSA) is 75.6 Å². The van der Waals surface area contributed by atoms with Crippen LogP contribution in [-0.4, -0.2) is 18.7 Å². The lowest BCUT2D eigenvalue weighted by atomic mass is 10.3. The van der Waals surface area contributed by atoms with Crippen LogP contribution in [0, 0.1) is 0 Å². The summed E-state index contributed by atoms with van der Waals surface area (Å²) in [6.45, 7) is 3.44. The van der Waals surface area contributed by atoms with Crippen LogP contribution in [0.4, 0.5) is 0 Å². The highest BCUT2D eigenvalue weighted by Gasteiger charge is 1.93. The molecule has 1 heterocycles. The molecule has 2 N–H and O–H groups in total. The summed E-state index contributed by atoms with van der Waals surface area (Å²) in [6, 6.07) is 0. The summed E-state index contributed by atoms with van der Waals surface area (Å²) < 4.78 is 26.9. The summed E-state index contributed by atoms with van der Waals surface area (Å²) in [5.74, 6) is -0.201. The Morgan fingerprint density at radius 1 is 1.50 bits per heavy atom. The lowest BCUT2D eigenvalue weighted by Crippen LogP contribution is -2.11. The molecule has 0 aromatic rings. The molecule has 0 aromatic carbocycles. The fourth-order valence-electron chi connectivity index (χ4n) is 0.528. The Hall–Kier alpha value is -1.01. The van der Waals surface area contributed by atoms with Gasteiger partial charge in [-0.25, -0.2) is 5.48 Å². The predicted octanol–water partition coefficient (Wildman–Crippen LogP) is 1.22. The second-order valence-corrected chi connectivity index (χ2v) is 4.21. The summed E-state index contributed by atoms with van der Waals surface area (Å²) in [7, 11) is -3.66. The fourth-order valence-corrected chi connectivity index (χ4v) is 0.528. The van der Waals surface area contributed by atoms with Gasteiger partial charge in [-0.2, -0.15) is 8.42 Å². The summed E-state index contributed by atoms with van der Waals surface area (Å²) >= 11 is 0. The van der Waals surface area contributed by atoms with Gasteiger partial charge in [-0.3, -0.25) is 4.55 Å². The molecule has 82 valence electrons. The van der Waals surface area contributed by atoms with E-state index in [0.717, 1.165) is 12.1 Å². The molecule has 0 aromatic heterocycles. The maximum absolute atomic E-state index is 9.56. The van der Waals surface area contributed by atoms with E-state index in [2.05, 4.69) is 12.4 Å². The molecule has 0 unspecified atom stereocenters. The van der Waals surface area contributed by atoms with Crippen molar-refractivity contribution in [3.8, 4) is 0 Å². The van der Waals surface area contributed by atoms with E-state index in [9.17, 15) is 8.42 Å². The van der Waals surface area contributed by atoms with E-state index in [1.807, 2.05) is 12.2 Å². The average molecular weight is 221 g/mol. The highest BCUT2D eigenvalue weighted by Crippen LogP contribution is 1.99. The quantitative estimate of drug-likeness (QED) is 0.686. The van der Waals surface area contributed by atoms with Crippen molar-refractivity contribution < 1.29 is 17.8 Å². The van der Waals surface area contributed by atoms with E-state index >= 15 is 0 Å². The van der Waals surface area contributed by atoms with Gasteiger partial charge in [0, 0.05) is 5.70 Å². The van der Waals surface area contributed by atoms with Gasteiger partial charge in [0.2, 0.25) is 0 Å². The zero-order chi connectivity index (χ0) is 11.0. The highest BCUT2D eigenvalue weighted by molar-refractivity contribution is 7.85. The van der Waals surface area contributed by atoms with Crippen LogP contribution in [0.3, 0.4) is 0 Å². The number of hydroxylamine groups is 1. The highest BCUT2D eigenvalue weighted by atomic mass is 32.2. The third-order valence-corrected chi connectivity index (χ3v) is 2.11. The molecular weight excluding hydrogens is 206 g/mol. The molecule has 0 spiro atoms. The second kappa shape index (κ2) is 6.44. The van der Waals surface area contributed by atoms with Crippen molar-refractivity contribution in [3.63, 3.8) is 0 Å². The first-order chi connectivity index (χ1) is 6.49. The molecule has 0 fully saturated rings. The normalized spacial score (nSPS) is 14.4. The molecule has 0 radical (unpaired) electrons. The Kier molecular flexibility index (Phi) is 5.98. The minimum absolute atomic E-state index is 0.201. The first-order valence-electron chi connectivity index (χ1n) is 4.22. The number of rotatable bonds is 2. The lowest BCUT2D eigenvalue weighted by molar-refractivity contribution is 0.157. The van der Waals surface area contributed by atoms with E-state index < -0.39 is 10.1 Å². The molecule has 0 aliphatic carbocycles. The van der Waals surface area contributed by atoms with E-state index in [4.69, 9.17) is 9.39 Å². The van der Waals surface area contributed by atoms with E-state index in [1.54, 1.807) is 6.26 Å². The standard InChI is InChI=1S/C6H9NO.C2H6O3S/c1-2-6-4-3-5-8-7-6;1-2-6(3,4)5/h3-5,7H,2H2,1H3;2H2,1H3,(H,3,4,5). The van der Waals surface area contributed by atoms with E-state index in [-0.39, 0.29) is 5.75 Å². The van der Waals surface area contributed by atoms with Gasteiger partial charge in [-0.05, 0) is 25.5 Å². The van der Waals surface area contributed by atoms with Crippen molar-refractivity contribution in [2.75, 3.05) is 5.75 Å². The van der Waals surface area contributed by atoms with Crippen LogP contribution in [0.1, 0.15) is 20.3 Å². The predicted molar refractivity (Wildman–Crippen MR) is 53.8 cm³/mol. The number of allylic oxidation sites excluding steroid dienone is 3. The van der Waals surface area contributed by atoms with Crippen LogP contribution >= 0.6 is 0 Å². The molecule has 1 rings (SSSR count). The van der Waals surface area contributed by atoms with E-state index in [0.29, 0.717) is 0 Å². The zero-order valence-corrected chi connectivity index (χ0v) is 9.04. The maximum Gasteiger partial charge on any atom is 0.264 e. The van der Waals surface area contributed by atoms with Crippen LogP contribution in [0.2, 0.25) is 0 Å². The Labute approximate surface area is 84.2 Å². The Morgan fingerprint density at radius 2 is 2.07 bits per heavy atom. The number of hydrogen-bond acceptors (Lipinski definition) is 4. The molecular formula is C8H15NO4S. The van der Waals surface area contributed by atoms with Crippen molar-refractivity contribution in [2.24, 2.45) is 0 Å². The Balaban J connectivity index is 0.000000255. The van der Waals surface area contributed by atoms with E-state index in [1.165, 1.54) is 6.92 Å².